The lowest BCUT2D eigenvalue weighted by Crippen LogP contribution is -2.29. The second-order valence-corrected chi connectivity index (χ2v) is 6.68. The maximum absolute atomic E-state index is 4.36. The van der Waals surface area contributed by atoms with E-state index in [-0.39, 0.29) is 0 Å². The zero-order valence-electron chi connectivity index (χ0n) is 12.3. The highest BCUT2D eigenvalue weighted by Gasteiger charge is 2.30. The van der Waals surface area contributed by atoms with Crippen LogP contribution in [0.25, 0.3) is 0 Å². The van der Waals surface area contributed by atoms with Crippen LogP contribution in [0.3, 0.4) is 0 Å². The molecular weight excluding hydrogens is 266 g/mol. The average Bonchev–Trinajstić information content (AvgIpc) is 3.08. The highest BCUT2D eigenvalue weighted by molar-refractivity contribution is 7.10. The van der Waals surface area contributed by atoms with Crippen LogP contribution in [-0.2, 0) is 13.5 Å². The minimum absolute atomic E-state index is 0.400. The van der Waals surface area contributed by atoms with Crippen molar-refractivity contribution < 1.29 is 0 Å². The molecule has 0 radical (unpaired) electrons. The van der Waals surface area contributed by atoms with Gasteiger partial charge in [-0.3, -0.25) is 4.68 Å². The topological polar surface area (TPSA) is 29.9 Å². The fourth-order valence-electron chi connectivity index (χ4n) is 3.26. The minimum Gasteiger partial charge on any atom is -0.309 e. The molecule has 0 saturated carbocycles. The number of nitrogens with zero attached hydrogens (tertiary/aromatic N) is 2. The second kappa shape index (κ2) is 6.10. The zero-order chi connectivity index (χ0) is 13.9. The summed E-state index contributed by atoms with van der Waals surface area (Å²) in [5.41, 5.74) is 2.89. The smallest absolute Gasteiger partial charge is 0.0537 e. The summed E-state index contributed by atoms with van der Waals surface area (Å²) in [6, 6.07) is 2.73. The van der Waals surface area contributed by atoms with Crippen molar-refractivity contribution in [2.24, 2.45) is 7.05 Å². The molecule has 2 aromatic rings. The number of hydrogen-bond acceptors (Lipinski definition) is 3. The maximum Gasteiger partial charge on any atom is 0.0537 e. The summed E-state index contributed by atoms with van der Waals surface area (Å²) in [6.45, 7) is 3.29. The number of fused-ring (bicyclic) bond motifs is 1. The summed E-state index contributed by atoms with van der Waals surface area (Å²) in [5, 5.41) is 10.4. The number of rotatable bonds is 5. The highest BCUT2D eigenvalue weighted by Crippen LogP contribution is 2.42. The fraction of sp³-hybridized carbons (Fsp3) is 0.562. The molecule has 3 nitrogen and oxygen atoms in total. The standard InChI is InChI=1S/C16H23N3S/c1-3-8-17-16(12-10-18-19(2)11-12)14-5-4-6-15-13(14)7-9-20-15/h7,9-11,14,16-17H,3-6,8H2,1-2H3. The third-order valence-corrected chi connectivity index (χ3v) is 5.20. The zero-order valence-corrected chi connectivity index (χ0v) is 13.1. The SMILES string of the molecule is CCCNC(c1cnn(C)c1)C1CCCc2sccc21. The quantitative estimate of drug-likeness (QED) is 0.910. The summed E-state index contributed by atoms with van der Waals surface area (Å²) in [7, 11) is 2.00. The molecular formula is C16H23N3S. The van der Waals surface area contributed by atoms with Gasteiger partial charge in [0.1, 0.15) is 0 Å². The highest BCUT2D eigenvalue weighted by atomic mass is 32.1. The largest absolute Gasteiger partial charge is 0.309 e. The van der Waals surface area contributed by atoms with Gasteiger partial charge in [-0.1, -0.05) is 6.92 Å². The first-order valence-corrected chi connectivity index (χ1v) is 8.45. The third-order valence-electron chi connectivity index (χ3n) is 4.20. The molecule has 0 amide bonds. The number of aromatic nitrogens is 2. The Bertz CT molecular complexity index is 558. The second-order valence-electron chi connectivity index (χ2n) is 5.68. The lowest BCUT2D eigenvalue weighted by Gasteiger charge is -2.31. The molecule has 0 saturated heterocycles. The van der Waals surface area contributed by atoms with Crippen LogP contribution in [-0.4, -0.2) is 16.3 Å². The van der Waals surface area contributed by atoms with Gasteiger partial charge in [-0.15, -0.1) is 11.3 Å². The van der Waals surface area contributed by atoms with Gasteiger partial charge in [-0.2, -0.15) is 5.10 Å². The van der Waals surface area contributed by atoms with Crippen LogP contribution < -0.4 is 5.32 Å². The number of hydrogen-bond donors (Lipinski definition) is 1. The molecule has 0 bridgehead atoms. The van der Waals surface area contributed by atoms with Crippen LogP contribution in [0.2, 0.25) is 0 Å². The Kier molecular flexibility index (Phi) is 4.22. The molecule has 0 fully saturated rings. The summed E-state index contributed by atoms with van der Waals surface area (Å²) in [6.07, 6.45) is 9.20. The predicted molar refractivity (Wildman–Crippen MR) is 84.2 cm³/mol. The van der Waals surface area contributed by atoms with E-state index >= 15 is 0 Å². The molecule has 20 heavy (non-hydrogen) atoms. The number of aryl methyl sites for hydroxylation is 2. The Labute approximate surface area is 125 Å². The molecule has 1 aliphatic carbocycles. The van der Waals surface area contributed by atoms with Gasteiger partial charge in [0, 0.05) is 35.6 Å². The molecule has 0 aliphatic heterocycles. The van der Waals surface area contributed by atoms with E-state index in [2.05, 4.69) is 35.0 Å². The van der Waals surface area contributed by atoms with Crippen LogP contribution >= 0.6 is 11.3 Å². The molecule has 4 heteroatoms. The van der Waals surface area contributed by atoms with Gasteiger partial charge < -0.3 is 5.32 Å². The fourth-order valence-corrected chi connectivity index (χ4v) is 4.26. The van der Waals surface area contributed by atoms with Crippen LogP contribution in [0.15, 0.2) is 23.8 Å². The van der Waals surface area contributed by atoms with Crippen molar-refractivity contribution in [2.75, 3.05) is 6.54 Å². The Morgan fingerprint density at radius 1 is 1.55 bits per heavy atom. The molecule has 3 rings (SSSR count). The van der Waals surface area contributed by atoms with Crippen molar-refractivity contribution >= 4 is 11.3 Å². The van der Waals surface area contributed by atoms with Crippen molar-refractivity contribution in [3.8, 4) is 0 Å². The molecule has 1 N–H and O–H groups in total. The van der Waals surface area contributed by atoms with E-state index in [1.54, 1.807) is 10.4 Å². The van der Waals surface area contributed by atoms with Crippen molar-refractivity contribution in [3.63, 3.8) is 0 Å². The molecule has 0 aromatic carbocycles. The lowest BCUT2D eigenvalue weighted by atomic mass is 9.80. The maximum atomic E-state index is 4.36. The minimum atomic E-state index is 0.400. The average molecular weight is 289 g/mol. The first-order chi connectivity index (χ1) is 9.79. The van der Waals surface area contributed by atoms with Crippen molar-refractivity contribution in [3.05, 3.63) is 39.8 Å². The Morgan fingerprint density at radius 3 is 3.20 bits per heavy atom. The normalized spacial score (nSPS) is 19.8. The third kappa shape index (κ3) is 2.67. The summed E-state index contributed by atoms with van der Waals surface area (Å²) >= 11 is 1.92. The molecule has 2 heterocycles. The van der Waals surface area contributed by atoms with Gasteiger partial charge in [0.05, 0.1) is 6.20 Å². The van der Waals surface area contributed by atoms with Crippen LogP contribution in [0, 0.1) is 0 Å². The molecule has 2 unspecified atom stereocenters. The van der Waals surface area contributed by atoms with E-state index in [0.717, 1.165) is 6.54 Å². The lowest BCUT2D eigenvalue weighted by molar-refractivity contribution is 0.404. The van der Waals surface area contributed by atoms with Gasteiger partial charge in [0.2, 0.25) is 0 Å². The monoisotopic (exact) mass is 289 g/mol. The van der Waals surface area contributed by atoms with Crippen molar-refractivity contribution in [1.29, 1.82) is 0 Å². The first-order valence-electron chi connectivity index (χ1n) is 7.57. The van der Waals surface area contributed by atoms with E-state index < -0.39 is 0 Å². The number of nitrogens with one attached hydrogen (secondary N) is 1. The van der Waals surface area contributed by atoms with Gasteiger partial charge in [0.25, 0.3) is 0 Å². The summed E-state index contributed by atoms with van der Waals surface area (Å²) < 4.78 is 1.91. The first kappa shape index (κ1) is 13.8. The van der Waals surface area contributed by atoms with Crippen LogP contribution in [0.1, 0.15) is 54.1 Å². The molecule has 2 aromatic heterocycles. The van der Waals surface area contributed by atoms with E-state index in [1.165, 1.54) is 31.2 Å². The molecule has 1 aliphatic rings. The summed E-state index contributed by atoms with van der Waals surface area (Å²) in [5.74, 6) is 0.598. The predicted octanol–water partition coefficient (Wildman–Crippen LogP) is 3.64. The van der Waals surface area contributed by atoms with Crippen LogP contribution in [0.4, 0.5) is 0 Å². The summed E-state index contributed by atoms with van der Waals surface area (Å²) in [4.78, 5) is 1.59. The van der Waals surface area contributed by atoms with Gasteiger partial charge in [-0.25, -0.2) is 0 Å². The Hall–Kier alpha value is -1.13. The van der Waals surface area contributed by atoms with Crippen LogP contribution in [0.5, 0.6) is 0 Å². The van der Waals surface area contributed by atoms with Gasteiger partial charge >= 0.3 is 0 Å². The van der Waals surface area contributed by atoms with E-state index in [0.29, 0.717) is 12.0 Å². The molecule has 2 atom stereocenters. The van der Waals surface area contributed by atoms with E-state index in [9.17, 15) is 0 Å². The Morgan fingerprint density at radius 2 is 2.45 bits per heavy atom. The van der Waals surface area contributed by atoms with E-state index in [4.69, 9.17) is 0 Å². The number of thiophene rings is 1. The molecule has 0 spiro atoms. The van der Waals surface area contributed by atoms with E-state index in [1.807, 2.05) is 29.3 Å². The Balaban J connectivity index is 1.90. The molecule has 108 valence electrons. The van der Waals surface area contributed by atoms with Crippen molar-refractivity contribution in [1.82, 2.24) is 15.1 Å². The van der Waals surface area contributed by atoms with Crippen molar-refractivity contribution in [2.45, 2.75) is 44.6 Å². The van der Waals surface area contributed by atoms with Gasteiger partial charge in [-0.05, 0) is 49.2 Å². The van der Waals surface area contributed by atoms with Gasteiger partial charge in [0.15, 0.2) is 0 Å².